The number of benzene rings is 1. The van der Waals surface area contributed by atoms with E-state index in [1.165, 1.54) is 0 Å². The molecule has 2 saturated heterocycles. The Morgan fingerprint density at radius 1 is 1.28 bits per heavy atom. The fourth-order valence-corrected chi connectivity index (χ4v) is 3.76. The summed E-state index contributed by atoms with van der Waals surface area (Å²) in [5.74, 6) is 2.09. The van der Waals surface area contributed by atoms with Crippen LogP contribution < -0.4 is 14.8 Å². The van der Waals surface area contributed by atoms with E-state index in [0.29, 0.717) is 19.8 Å². The maximum Gasteiger partial charge on any atom is 0.225 e. The Bertz CT molecular complexity index is 630. The van der Waals surface area contributed by atoms with E-state index in [-0.39, 0.29) is 24.0 Å². The molecule has 4 rings (SSSR count). The lowest BCUT2D eigenvalue weighted by molar-refractivity contribution is -0.137. The molecule has 0 aliphatic carbocycles. The van der Waals surface area contributed by atoms with Gasteiger partial charge in [0.2, 0.25) is 5.91 Å². The number of hydrogen-bond acceptors (Lipinski definition) is 5. The zero-order valence-electron chi connectivity index (χ0n) is 14.7. The fourth-order valence-electron chi connectivity index (χ4n) is 3.76. The topological polar surface area (TPSA) is 60.0 Å². The quantitative estimate of drug-likeness (QED) is 0.910. The van der Waals surface area contributed by atoms with Crippen LogP contribution in [0.3, 0.4) is 0 Å². The summed E-state index contributed by atoms with van der Waals surface area (Å²) in [4.78, 5) is 14.6. The zero-order valence-corrected chi connectivity index (χ0v) is 14.7. The van der Waals surface area contributed by atoms with Crippen LogP contribution >= 0.6 is 0 Å². The first-order valence-electron chi connectivity index (χ1n) is 9.27. The van der Waals surface area contributed by atoms with Crippen LogP contribution in [0.1, 0.15) is 26.2 Å². The highest BCUT2D eigenvalue weighted by atomic mass is 16.5. The van der Waals surface area contributed by atoms with Gasteiger partial charge in [-0.05, 0) is 31.9 Å². The summed E-state index contributed by atoms with van der Waals surface area (Å²) in [5, 5.41) is 3.37. The van der Waals surface area contributed by atoms with Crippen molar-refractivity contribution in [2.45, 2.75) is 38.4 Å². The van der Waals surface area contributed by atoms with Crippen molar-refractivity contribution in [2.75, 3.05) is 38.2 Å². The van der Waals surface area contributed by atoms with E-state index in [0.717, 1.165) is 49.5 Å². The second kappa shape index (κ2) is 7.12. The van der Waals surface area contributed by atoms with Gasteiger partial charge in [0.25, 0.3) is 0 Å². The Labute approximate surface area is 148 Å². The summed E-state index contributed by atoms with van der Waals surface area (Å²) in [7, 11) is 0. The first kappa shape index (κ1) is 16.5. The van der Waals surface area contributed by atoms with Gasteiger partial charge in [-0.3, -0.25) is 4.79 Å². The SMILES string of the molecule is CC1CNc2cc(O[C@H]3CCN(C(=O)C4CCOCC4)C3)ccc2O1. The van der Waals surface area contributed by atoms with E-state index >= 15 is 0 Å². The van der Waals surface area contributed by atoms with Gasteiger partial charge in [-0.1, -0.05) is 0 Å². The lowest BCUT2D eigenvalue weighted by atomic mass is 9.99. The van der Waals surface area contributed by atoms with Crippen LogP contribution in [0.2, 0.25) is 0 Å². The maximum absolute atomic E-state index is 12.6. The van der Waals surface area contributed by atoms with Crippen molar-refractivity contribution in [3.8, 4) is 11.5 Å². The van der Waals surface area contributed by atoms with Gasteiger partial charge in [-0.15, -0.1) is 0 Å². The fraction of sp³-hybridized carbons (Fsp3) is 0.632. The van der Waals surface area contributed by atoms with E-state index in [4.69, 9.17) is 14.2 Å². The third-order valence-electron chi connectivity index (χ3n) is 5.19. The van der Waals surface area contributed by atoms with E-state index in [1.807, 2.05) is 30.0 Å². The lowest BCUT2D eigenvalue weighted by Crippen LogP contribution is -2.38. The molecule has 6 nitrogen and oxygen atoms in total. The number of nitrogens with one attached hydrogen (secondary N) is 1. The highest BCUT2D eigenvalue weighted by Crippen LogP contribution is 2.33. The van der Waals surface area contributed by atoms with Crippen LogP contribution in [-0.2, 0) is 9.53 Å². The molecule has 6 heteroatoms. The van der Waals surface area contributed by atoms with Crippen molar-refractivity contribution >= 4 is 11.6 Å². The van der Waals surface area contributed by atoms with Crippen LogP contribution in [0.15, 0.2) is 18.2 Å². The van der Waals surface area contributed by atoms with Crippen LogP contribution in [-0.4, -0.2) is 55.9 Å². The number of ether oxygens (including phenoxy) is 3. The number of anilines is 1. The Hall–Kier alpha value is -1.95. The largest absolute Gasteiger partial charge is 0.488 e. The smallest absolute Gasteiger partial charge is 0.225 e. The molecule has 0 saturated carbocycles. The first-order valence-corrected chi connectivity index (χ1v) is 9.27. The second-order valence-corrected chi connectivity index (χ2v) is 7.17. The molecule has 1 aromatic rings. The molecule has 2 fully saturated rings. The summed E-state index contributed by atoms with van der Waals surface area (Å²) >= 11 is 0. The molecule has 1 aromatic carbocycles. The molecule has 3 heterocycles. The number of rotatable bonds is 3. The summed E-state index contributed by atoms with van der Waals surface area (Å²) in [5.41, 5.74) is 0.976. The molecule has 0 radical (unpaired) electrons. The summed E-state index contributed by atoms with van der Waals surface area (Å²) in [6.45, 7) is 5.70. The normalized spacial score (nSPS) is 26.5. The molecule has 1 amide bonds. The number of carbonyl (C=O) groups excluding carboxylic acids is 1. The minimum Gasteiger partial charge on any atom is -0.488 e. The molecular weight excluding hydrogens is 320 g/mol. The summed E-state index contributed by atoms with van der Waals surface area (Å²) < 4.78 is 17.3. The number of carbonyl (C=O) groups is 1. The predicted molar refractivity (Wildman–Crippen MR) is 94.2 cm³/mol. The van der Waals surface area contributed by atoms with Crippen molar-refractivity contribution < 1.29 is 19.0 Å². The Morgan fingerprint density at radius 2 is 2.12 bits per heavy atom. The van der Waals surface area contributed by atoms with Crippen molar-refractivity contribution in [1.29, 1.82) is 0 Å². The van der Waals surface area contributed by atoms with E-state index < -0.39 is 0 Å². The van der Waals surface area contributed by atoms with Crippen LogP contribution in [0.25, 0.3) is 0 Å². The Balaban J connectivity index is 1.34. The molecule has 1 N–H and O–H groups in total. The number of likely N-dealkylation sites (tertiary alicyclic amines) is 1. The van der Waals surface area contributed by atoms with Crippen molar-refractivity contribution in [2.24, 2.45) is 5.92 Å². The molecule has 136 valence electrons. The molecule has 3 aliphatic rings. The minimum absolute atomic E-state index is 0.0604. The molecule has 0 spiro atoms. The van der Waals surface area contributed by atoms with Gasteiger partial charge >= 0.3 is 0 Å². The molecule has 1 unspecified atom stereocenters. The van der Waals surface area contributed by atoms with Gasteiger partial charge in [0.1, 0.15) is 23.7 Å². The van der Waals surface area contributed by atoms with E-state index in [9.17, 15) is 4.79 Å². The van der Waals surface area contributed by atoms with Crippen LogP contribution in [0.4, 0.5) is 5.69 Å². The molecule has 0 bridgehead atoms. The summed E-state index contributed by atoms with van der Waals surface area (Å²) in [6.07, 6.45) is 2.81. The van der Waals surface area contributed by atoms with Crippen LogP contribution in [0, 0.1) is 5.92 Å². The third-order valence-corrected chi connectivity index (χ3v) is 5.19. The lowest BCUT2D eigenvalue weighted by Gasteiger charge is -2.27. The molecular formula is C19H26N2O4. The average molecular weight is 346 g/mol. The van der Waals surface area contributed by atoms with E-state index in [2.05, 4.69) is 5.32 Å². The van der Waals surface area contributed by atoms with Gasteiger partial charge in [0.05, 0.1) is 18.8 Å². The number of fused-ring (bicyclic) bond motifs is 1. The highest BCUT2D eigenvalue weighted by molar-refractivity contribution is 5.79. The van der Waals surface area contributed by atoms with Gasteiger partial charge in [0, 0.05) is 38.2 Å². The third kappa shape index (κ3) is 3.68. The standard InChI is InChI=1S/C19H26N2O4/c1-13-11-20-17-10-15(2-3-18(17)24-13)25-16-4-7-21(12-16)19(22)14-5-8-23-9-6-14/h2-3,10,13-14,16,20H,4-9,11-12H2,1H3/t13?,16-/m0/s1. The maximum atomic E-state index is 12.6. The van der Waals surface area contributed by atoms with Crippen molar-refractivity contribution in [1.82, 2.24) is 4.90 Å². The van der Waals surface area contributed by atoms with E-state index in [1.54, 1.807) is 0 Å². The predicted octanol–water partition coefficient (Wildman–Crippen LogP) is 2.29. The number of nitrogens with zero attached hydrogens (tertiary/aromatic N) is 1. The van der Waals surface area contributed by atoms with Crippen LogP contribution in [0.5, 0.6) is 11.5 Å². The number of hydrogen-bond donors (Lipinski definition) is 1. The average Bonchev–Trinajstić information content (AvgIpc) is 3.10. The number of amides is 1. The zero-order chi connectivity index (χ0) is 17.2. The van der Waals surface area contributed by atoms with Gasteiger partial charge in [0.15, 0.2) is 0 Å². The van der Waals surface area contributed by atoms with Gasteiger partial charge in [-0.2, -0.15) is 0 Å². The second-order valence-electron chi connectivity index (χ2n) is 7.17. The molecule has 3 aliphatic heterocycles. The summed E-state index contributed by atoms with van der Waals surface area (Å²) in [6, 6.07) is 5.89. The van der Waals surface area contributed by atoms with Gasteiger partial charge in [-0.25, -0.2) is 0 Å². The first-order chi connectivity index (χ1) is 12.2. The Kier molecular flexibility index (Phi) is 4.70. The Morgan fingerprint density at radius 3 is 2.96 bits per heavy atom. The molecule has 0 aromatic heterocycles. The van der Waals surface area contributed by atoms with Gasteiger partial charge < -0.3 is 24.4 Å². The van der Waals surface area contributed by atoms with Crippen molar-refractivity contribution in [3.63, 3.8) is 0 Å². The minimum atomic E-state index is 0.0604. The monoisotopic (exact) mass is 346 g/mol. The van der Waals surface area contributed by atoms with Crippen molar-refractivity contribution in [3.05, 3.63) is 18.2 Å². The highest BCUT2D eigenvalue weighted by Gasteiger charge is 2.32. The molecule has 2 atom stereocenters. The molecule has 25 heavy (non-hydrogen) atoms.